The summed E-state index contributed by atoms with van der Waals surface area (Å²) in [6, 6.07) is 18.5. The fourth-order valence-corrected chi connectivity index (χ4v) is 7.73. The topological polar surface area (TPSA) is 52.3 Å². The number of aromatic nitrogens is 4. The van der Waals surface area contributed by atoms with Gasteiger partial charge in [0, 0.05) is 11.0 Å². The molecule has 2 heterocycles. The van der Waals surface area contributed by atoms with E-state index in [1.54, 1.807) is 11.3 Å². The molecule has 0 atom stereocenters. The van der Waals surface area contributed by atoms with Gasteiger partial charge in [-0.15, -0.1) is 10.2 Å². The van der Waals surface area contributed by atoms with E-state index in [1.165, 1.54) is 44.1 Å². The monoisotopic (exact) mass is 442 g/mol. The molecule has 4 saturated carbocycles. The van der Waals surface area contributed by atoms with Crippen LogP contribution in [0.3, 0.4) is 0 Å². The maximum atomic E-state index is 5.94. The molecule has 0 unspecified atom stereocenters. The van der Waals surface area contributed by atoms with E-state index in [9.17, 15) is 0 Å². The van der Waals surface area contributed by atoms with Crippen molar-refractivity contribution in [1.82, 2.24) is 19.8 Å². The highest BCUT2D eigenvalue weighted by atomic mass is 32.1. The molecule has 0 saturated heterocycles. The van der Waals surface area contributed by atoms with E-state index >= 15 is 0 Å². The van der Waals surface area contributed by atoms with Gasteiger partial charge in [0.1, 0.15) is 17.4 Å². The summed E-state index contributed by atoms with van der Waals surface area (Å²) in [5.74, 6) is 4.65. The quantitative estimate of drug-likeness (QED) is 0.386. The summed E-state index contributed by atoms with van der Waals surface area (Å²) >= 11 is 1.63. The number of hydrogen-bond donors (Lipinski definition) is 0. The van der Waals surface area contributed by atoms with Crippen LogP contribution in [0.25, 0.3) is 15.5 Å². The van der Waals surface area contributed by atoms with Crippen LogP contribution < -0.4 is 4.74 Å². The highest BCUT2D eigenvalue weighted by Gasteiger charge is 2.54. The van der Waals surface area contributed by atoms with E-state index < -0.39 is 0 Å². The molecule has 32 heavy (non-hydrogen) atoms. The summed E-state index contributed by atoms with van der Waals surface area (Å²) in [5, 5.41) is 15.2. The third-order valence-electron chi connectivity index (χ3n) is 7.85. The smallest absolute Gasteiger partial charge is 0.235 e. The Hall–Kier alpha value is -2.73. The molecule has 6 heteroatoms. The van der Waals surface area contributed by atoms with Gasteiger partial charge in [0.2, 0.25) is 4.96 Å². The minimum absolute atomic E-state index is 0.203. The van der Waals surface area contributed by atoms with Crippen LogP contribution in [-0.2, 0) is 12.0 Å². The summed E-state index contributed by atoms with van der Waals surface area (Å²) in [6.07, 6.45) is 8.13. The lowest BCUT2D eigenvalue weighted by Crippen LogP contribution is -2.49. The van der Waals surface area contributed by atoms with Crippen LogP contribution in [-0.4, -0.2) is 19.8 Å². The Kier molecular flexibility index (Phi) is 4.19. The van der Waals surface area contributed by atoms with Gasteiger partial charge in [-0.2, -0.15) is 9.61 Å². The Labute approximate surface area is 191 Å². The molecule has 8 rings (SSSR count). The van der Waals surface area contributed by atoms with Crippen molar-refractivity contribution in [2.75, 3.05) is 0 Å². The van der Waals surface area contributed by atoms with Crippen LogP contribution in [0.1, 0.15) is 49.9 Å². The van der Waals surface area contributed by atoms with Gasteiger partial charge < -0.3 is 4.74 Å². The average Bonchev–Trinajstić information content (AvgIpc) is 3.39. The number of rotatable bonds is 5. The lowest BCUT2D eigenvalue weighted by atomic mass is 9.49. The van der Waals surface area contributed by atoms with Crippen molar-refractivity contribution in [1.29, 1.82) is 0 Å². The second-order valence-electron chi connectivity index (χ2n) is 10.1. The standard InChI is InChI=1S/C26H26N4OS/c1-2-4-17(5-3-1)16-31-22-8-6-21(7-9-22)23-29-30-24(27-28-25(30)32-23)26-13-18-10-19(14-26)12-20(11-18)15-26/h1-9,18-20H,10-16H2. The maximum Gasteiger partial charge on any atom is 0.235 e. The third-order valence-corrected chi connectivity index (χ3v) is 8.80. The second-order valence-corrected chi connectivity index (χ2v) is 11.1. The van der Waals surface area contributed by atoms with Crippen molar-refractivity contribution >= 4 is 16.3 Å². The first-order chi connectivity index (χ1) is 15.7. The van der Waals surface area contributed by atoms with Crippen LogP contribution >= 0.6 is 11.3 Å². The molecule has 4 aromatic rings. The van der Waals surface area contributed by atoms with Crippen molar-refractivity contribution in [3.63, 3.8) is 0 Å². The molecule has 4 fully saturated rings. The van der Waals surface area contributed by atoms with Gasteiger partial charge in [-0.3, -0.25) is 0 Å². The van der Waals surface area contributed by atoms with Crippen molar-refractivity contribution in [3.05, 3.63) is 66.0 Å². The lowest BCUT2D eigenvalue weighted by Gasteiger charge is -2.55. The minimum Gasteiger partial charge on any atom is -0.489 e. The predicted octanol–water partition coefficient (Wildman–Crippen LogP) is 5.90. The first-order valence-corrected chi connectivity index (χ1v) is 12.6. The molecule has 4 aliphatic rings. The highest BCUT2D eigenvalue weighted by Crippen LogP contribution is 2.60. The Balaban J connectivity index is 1.15. The number of ether oxygens (including phenoxy) is 1. The van der Waals surface area contributed by atoms with E-state index in [0.29, 0.717) is 6.61 Å². The van der Waals surface area contributed by atoms with Crippen molar-refractivity contribution in [2.24, 2.45) is 17.8 Å². The van der Waals surface area contributed by atoms with E-state index in [4.69, 9.17) is 9.84 Å². The van der Waals surface area contributed by atoms with Gasteiger partial charge in [0.25, 0.3) is 0 Å². The number of benzene rings is 2. The molecule has 0 aliphatic heterocycles. The van der Waals surface area contributed by atoms with Crippen molar-refractivity contribution in [2.45, 2.75) is 50.5 Å². The summed E-state index contributed by atoms with van der Waals surface area (Å²) in [5.41, 5.74) is 2.47. The van der Waals surface area contributed by atoms with E-state index in [2.05, 4.69) is 39.0 Å². The van der Waals surface area contributed by atoms with Crippen LogP contribution in [0.2, 0.25) is 0 Å². The van der Waals surface area contributed by atoms with E-state index in [0.717, 1.165) is 44.9 Å². The van der Waals surface area contributed by atoms with Crippen LogP contribution in [0.15, 0.2) is 54.6 Å². The van der Waals surface area contributed by atoms with Crippen molar-refractivity contribution in [3.8, 4) is 16.3 Å². The number of hydrogen-bond acceptors (Lipinski definition) is 5. The Bertz CT molecular complexity index is 1220. The molecule has 2 aromatic heterocycles. The normalized spacial score (nSPS) is 28.4. The summed E-state index contributed by atoms with van der Waals surface area (Å²) in [4.78, 5) is 0.912. The average molecular weight is 443 g/mol. The fraction of sp³-hybridized carbons (Fsp3) is 0.423. The van der Waals surface area contributed by atoms with Gasteiger partial charge in [0.05, 0.1) is 0 Å². The highest BCUT2D eigenvalue weighted by molar-refractivity contribution is 7.19. The fourth-order valence-electron chi connectivity index (χ4n) is 6.88. The molecule has 0 radical (unpaired) electrons. The molecule has 0 amide bonds. The van der Waals surface area contributed by atoms with Gasteiger partial charge in [-0.25, -0.2) is 0 Å². The Morgan fingerprint density at radius 1 is 0.875 bits per heavy atom. The summed E-state index contributed by atoms with van der Waals surface area (Å²) in [7, 11) is 0. The largest absolute Gasteiger partial charge is 0.489 e. The third kappa shape index (κ3) is 3.07. The molecule has 5 nitrogen and oxygen atoms in total. The molecular formula is C26H26N4OS. The van der Waals surface area contributed by atoms with E-state index in [-0.39, 0.29) is 5.41 Å². The SMILES string of the molecule is c1ccc(COc2ccc(-c3nn4c(C56CC7CC(CC(C7)C5)C6)nnc4s3)cc2)cc1. The molecule has 0 spiro atoms. The molecule has 4 bridgehead atoms. The Morgan fingerprint density at radius 2 is 1.56 bits per heavy atom. The zero-order valence-corrected chi connectivity index (χ0v) is 18.8. The zero-order valence-electron chi connectivity index (χ0n) is 18.0. The lowest BCUT2D eigenvalue weighted by molar-refractivity contribution is -0.0103. The molecule has 162 valence electrons. The van der Waals surface area contributed by atoms with Crippen LogP contribution in [0.4, 0.5) is 0 Å². The minimum atomic E-state index is 0.203. The van der Waals surface area contributed by atoms with Gasteiger partial charge in [0.15, 0.2) is 5.82 Å². The van der Waals surface area contributed by atoms with Gasteiger partial charge in [-0.05, 0) is 86.1 Å². The zero-order chi connectivity index (χ0) is 21.1. The first kappa shape index (κ1) is 18.8. The maximum absolute atomic E-state index is 5.94. The Morgan fingerprint density at radius 3 is 2.25 bits per heavy atom. The summed E-state index contributed by atoms with van der Waals surface area (Å²) < 4.78 is 8.00. The number of fused-ring (bicyclic) bond motifs is 1. The van der Waals surface area contributed by atoms with Crippen LogP contribution in [0, 0.1) is 17.8 Å². The van der Waals surface area contributed by atoms with E-state index in [1.807, 2.05) is 30.3 Å². The molecule has 2 aromatic carbocycles. The summed E-state index contributed by atoms with van der Waals surface area (Å²) in [6.45, 7) is 0.575. The van der Waals surface area contributed by atoms with Gasteiger partial charge in [-0.1, -0.05) is 41.7 Å². The van der Waals surface area contributed by atoms with Crippen molar-refractivity contribution < 1.29 is 4.74 Å². The molecular weight excluding hydrogens is 416 g/mol. The first-order valence-electron chi connectivity index (χ1n) is 11.7. The number of nitrogens with zero attached hydrogens (tertiary/aromatic N) is 4. The van der Waals surface area contributed by atoms with Gasteiger partial charge >= 0.3 is 0 Å². The molecule has 0 N–H and O–H groups in total. The van der Waals surface area contributed by atoms with Crippen LogP contribution in [0.5, 0.6) is 5.75 Å². The molecule has 4 aliphatic carbocycles. The second kappa shape index (κ2) is 7.14. The predicted molar refractivity (Wildman–Crippen MR) is 125 cm³/mol.